The number of alkyl halides is 3. The van der Waals surface area contributed by atoms with Gasteiger partial charge in [-0.1, -0.05) is 48.5 Å². The quantitative estimate of drug-likeness (QED) is 0.754. The van der Waals surface area contributed by atoms with Gasteiger partial charge in [0.1, 0.15) is 0 Å². The molecule has 0 saturated heterocycles. The molecule has 0 saturated carbocycles. The molecule has 2 aromatic carbocycles. The number of esters is 1. The lowest BCUT2D eigenvalue weighted by Crippen LogP contribution is -2.37. The number of carbonyl (C=O) groups excluding carboxylic acids is 1. The van der Waals surface area contributed by atoms with Crippen molar-refractivity contribution in [2.75, 3.05) is 6.61 Å². The average molecular weight is 324 g/mol. The summed E-state index contributed by atoms with van der Waals surface area (Å²) in [7, 11) is 0. The van der Waals surface area contributed by atoms with Crippen LogP contribution in [-0.2, 0) is 16.1 Å². The largest absolute Gasteiger partial charge is 0.447 e. The first-order valence-electron chi connectivity index (χ1n) is 6.91. The van der Waals surface area contributed by atoms with Gasteiger partial charge < -0.3 is 9.47 Å². The third-order valence-electron chi connectivity index (χ3n) is 3.00. The fourth-order valence-electron chi connectivity index (χ4n) is 1.82. The Bertz CT molecular complexity index is 612. The van der Waals surface area contributed by atoms with Gasteiger partial charge in [-0.25, -0.2) is 4.79 Å². The maximum atomic E-state index is 13.0. The molecule has 23 heavy (non-hydrogen) atoms. The zero-order chi connectivity index (χ0) is 16.7. The van der Waals surface area contributed by atoms with Crippen LogP contribution in [0.15, 0.2) is 60.7 Å². The molecule has 0 spiro atoms. The summed E-state index contributed by atoms with van der Waals surface area (Å²) in [6.45, 7) is -0.743. The number of ether oxygens (including phenoxy) is 2. The summed E-state index contributed by atoms with van der Waals surface area (Å²) in [4.78, 5) is 11.8. The van der Waals surface area contributed by atoms with Gasteiger partial charge in [0, 0.05) is 0 Å². The Morgan fingerprint density at radius 3 is 2.09 bits per heavy atom. The first-order valence-corrected chi connectivity index (χ1v) is 6.91. The van der Waals surface area contributed by atoms with Gasteiger partial charge in [-0.15, -0.1) is 0 Å². The Labute approximate surface area is 131 Å². The fourth-order valence-corrected chi connectivity index (χ4v) is 1.82. The molecule has 0 aromatic heterocycles. The van der Waals surface area contributed by atoms with Crippen molar-refractivity contribution in [2.24, 2.45) is 0 Å². The van der Waals surface area contributed by atoms with Gasteiger partial charge in [-0.2, -0.15) is 13.2 Å². The predicted octanol–water partition coefficient (Wildman–Crippen LogP) is 3.99. The molecule has 0 fully saturated rings. The van der Waals surface area contributed by atoms with Crippen LogP contribution in [0.4, 0.5) is 13.2 Å². The SMILES string of the molecule is O=C(O[C@H](COCc1ccccc1)C(F)(F)F)c1ccccc1. The predicted molar refractivity (Wildman–Crippen MR) is 77.8 cm³/mol. The molecule has 2 aromatic rings. The lowest BCUT2D eigenvalue weighted by molar-refractivity contribution is -0.218. The van der Waals surface area contributed by atoms with E-state index in [1.54, 1.807) is 48.5 Å². The topological polar surface area (TPSA) is 35.5 Å². The Morgan fingerprint density at radius 1 is 0.957 bits per heavy atom. The number of hydrogen-bond acceptors (Lipinski definition) is 3. The molecule has 122 valence electrons. The van der Waals surface area contributed by atoms with E-state index in [4.69, 9.17) is 4.74 Å². The van der Waals surface area contributed by atoms with Gasteiger partial charge in [-0.3, -0.25) is 0 Å². The first-order chi connectivity index (χ1) is 11.0. The highest BCUT2D eigenvalue weighted by Crippen LogP contribution is 2.24. The van der Waals surface area contributed by atoms with Crippen LogP contribution in [0.3, 0.4) is 0 Å². The molecular formula is C17H15F3O3. The first kappa shape index (κ1) is 17.0. The monoisotopic (exact) mass is 324 g/mol. The summed E-state index contributed by atoms with van der Waals surface area (Å²) in [6.07, 6.45) is -7.00. The van der Waals surface area contributed by atoms with E-state index < -0.39 is 24.9 Å². The van der Waals surface area contributed by atoms with Crippen molar-refractivity contribution in [3.8, 4) is 0 Å². The highest BCUT2D eigenvalue weighted by molar-refractivity contribution is 5.89. The van der Waals surface area contributed by atoms with E-state index in [2.05, 4.69) is 4.74 Å². The summed E-state index contributed by atoms with van der Waals surface area (Å²) in [5.74, 6) is -1.03. The highest BCUT2D eigenvalue weighted by atomic mass is 19.4. The second-order valence-electron chi connectivity index (χ2n) is 4.80. The maximum absolute atomic E-state index is 13.0. The molecular weight excluding hydrogens is 309 g/mol. The highest BCUT2D eigenvalue weighted by Gasteiger charge is 2.43. The van der Waals surface area contributed by atoms with Crippen molar-refractivity contribution >= 4 is 5.97 Å². The standard InChI is InChI=1S/C17H15F3O3/c18-17(19,20)15(12-22-11-13-7-3-1-4-8-13)23-16(21)14-9-5-2-6-10-14/h1-10,15H,11-12H2/t15-/m1/s1. The van der Waals surface area contributed by atoms with Crippen LogP contribution in [0.2, 0.25) is 0 Å². The van der Waals surface area contributed by atoms with Crippen molar-refractivity contribution in [1.82, 2.24) is 0 Å². The minimum Gasteiger partial charge on any atom is -0.447 e. The molecule has 2 rings (SSSR count). The molecule has 6 heteroatoms. The van der Waals surface area contributed by atoms with Gasteiger partial charge in [0.25, 0.3) is 0 Å². The second-order valence-corrected chi connectivity index (χ2v) is 4.80. The lowest BCUT2D eigenvalue weighted by Gasteiger charge is -2.20. The van der Waals surface area contributed by atoms with Crippen molar-refractivity contribution in [2.45, 2.75) is 18.9 Å². The lowest BCUT2D eigenvalue weighted by atomic mass is 10.2. The normalized spacial score (nSPS) is 12.7. The molecule has 0 aliphatic heterocycles. The molecule has 0 aliphatic carbocycles. The minimum absolute atomic E-state index is 0.0102. The minimum atomic E-state index is -4.69. The molecule has 0 heterocycles. The summed E-state index contributed by atoms with van der Waals surface area (Å²) >= 11 is 0. The Balaban J connectivity index is 1.94. The summed E-state index contributed by atoms with van der Waals surface area (Å²) in [6, 6.07) is 16.3. The molecule has 0 radical (unpaired) electrons. The third-order valence-corrected chi connectivity index (χ3v) is 3.00. The van der Waals surface area contributed by atoms with Crippen molar-refractivity contribution in [3.63, 3.8) is 0 Å². The van der Waals surface area contributed by atoms with Crippen LogP contribution < -0.4 is 0 Å². The Kier molecular flexibility index (Phi) is 5.76. The third kappa shape index (κ3) is 5.41. The average Bonchev–Trinajstić information content (AvgIpc) is 2.54. The Morgan fingerprint density at radius 2 is 1.52 bits per heavy atom. The molecule has 0 amide bonds. The van der Waals surface area contributed by atoms with E-state index in [0.717, 1.165) is 5.56 Å². The van der Waals surface area contributed by atoms with E-state index in [0.29, 0.717) is 0 Å². The molecule has 0 bridgehead atoms. The number of benzene rings is 2. The van der Waals surface area contributed by atoms with Gasteiger partial charge >= 0.3 is 12.1 Å². The van der Waals surface area contributed by atoms with Gasteiger partial charge in [0.05, 0.1) is 18.8 Å². The van der Waals surface area contributed by atoms with Crippen LogP contribution in [0.5, 0.6) is 0 Å². The van der Waals surface area contributed by atoms with Crippen LogP contribution in [0.25, 0.3) is 0 Å². The summed E-state index contributed by atoms with van der Waals surface area (Å²) in [5.41, 5.74) is 0.799. The number of carbonyl (C=O) groups is 1. The molecule has 1 atom stereocenters. The number of halogens is 3. The van der Waals surface area contributed by atoms with Gasteiger partial charge in [0.2, 0.25) is 6.10 Å². The summed E-state index contributed by atoms with van der Waals surface area (Å²) < 4.78 is 48.5. The van der Waals surface area contributed by atoms with Crippen LogP contribution in [0, 0.1) is 0 Å². The van der Waals surface area contributed by atoms with E-state index in [-0.39, 0.29) is 12.2 Å². The second kappa shape index (κ2) is 7.78. The van der Waals surface area contributed by atoms with E-state index in [1.165, 1.54) is 12.1 Å². The molecule has 0 N–H and O–H groups in total. The van der Waals surface area contributed by atoms with E-state index in [1.807, 2.05) is 0 Å². The van der Waals surface area contributed by atoms with Crippen LogP contribution in [0.1, 0.15) is 15.9 Å². The van der Waals surface area contributed by atoms with Crippen molar-refractivity contribution < 1.29 is 27.4 Å². The zero-order valence-corrected chi connectivity index (χ0v) is 12.1. The summed E-state index contributed by atoms with van der Waals surface area (Å²) in [5, 5.41) is 0. The molecule has 0 unspecified atom stereocenters. The number of hydrogen-bond donors (Lipinski definition) is 0. The smallest absolute Gasteiger partial charge is 0.427 e. The number of rotatable bonds is 6. The maximum Gasteiger partial charge on any atom is 0.427 e. The van der Waals surface area contributed by atoms with E-state index in [9.17, 15) is 18.0 Å². The fraction of sp³-hybridized carbons (Fsp3) is 0.235. The Hall–Kier alpha value is -2.34. The van der Waals surface area contributed by atoms with Crippen molar-refractivity contribution in [3.05, 3.63) is 71.8 Å². The van der Waals surface area contributed by atoms with Crippen LogP contribution in [-0.4, -0.2) is 24.9 Å². The van der Waals surface area contributed by atoms with Crippen molar-refractivity contribution in [1.29, 1.82) is 0 Å². The van der Waals surface area contributed by atoms with Gasteiger partial charge in [-0.05, 0) is 17.7 Å². The van der Waals surface area contributed by atoms with E-state index >= 15 is 0 Å². The van der Waals surface area contributed by atoms with Crippen LogP contribution >= 0.6 is 0 Å². The zero-order valence-electron chi connectivity index (χ0n) is 12.1. The molecule has 3 nitrogen and oxygen atoms in total. The van der Waals surface area contributed by atoms with Gasteiger partial charge in [0.15, 0.2) is 0 Å². The molecule has 0 aliphatic rings.